The summed E-state index contributed by atoms with van der Waals surface area (Å²) < 4.78 is 30.6. The molecule has 0 saturated heterocycles. The van der Waals surface area contributed by atoms with Gasteiger partial charge in [0, 0.05) is 6.20 Å². The van der Waals surface area contributed by atoms with E-state index in [9.17, 15) is 8.78 Å². The van der Waals surface area contributed by atoms with Crippen LogP contribution in [0.1, 0.15) is 0 Å². The Morgan fingerprint density at radius 2 is 1.91 bits per heavy atom. The molecular weight excluding hydrogens is 306 g/mol. The smallest absolute Gasteiger partial charge is 0.387 e. The third-order valence-corrected chi connectivity index (χ3v) is 2.85. The highest BCUT2D eigenvalue weighted by molar-refractivity contribution is 5.62. The number of aromatic nitrogens is 4. The molecule has 0 aliphatic rings. The van der Waals surface area contributed by atoms with Crippen LogP contribution in [-0.4, -0.2) is 26.4 Å². The van der Waals surface area contributed by atoms with Crippen molar-refractivity contribution >= 4 is 17.6 Å². The van der Waals surface area contributed by atoms with Gasteiger partial charge < -0.3 is 15.8 Å². The van der Waals surface area contributed by atoms with Gasteiger partial charge in [0.25, 0.3) is 0 Å². The average molecular weight is 318 g/mol. The summed E-state index contributed by atoms with van der Waals surface area (Å²) in [5.74, 6) is 0.717. The standard InChI is InChI=1S/C14H12F2N6O/c15-12(16)23-10-6-2-1-5-9(10)19-14-20-13(17)22(21-14)11-7-3-4-8-18-11/h1-8,12H,(H3,17,19,20,21). The predicted molar refractivity (Wildman–Crippen MR) is 79.9 cm³/mol. The first-order valence-electron chi connectivity index (χ1n) is 6.58. The Balaban J connectivity index is 1.88. The number of benzene rings is 1. The number of ether oxygens (including phenoxy) is 1. The maximum Gasteiger partial charge on any atom is 0.387 e. The van der Waals surface area contributed by atoms with E-state index >= 15 is 0 Å². The SMILES string of the molecule is Nc1nc(Nc2ccccc2OC(F)F)nn1-c1ccccn1. The molecule has 0 aliphatic carbocycles. The van der Waals surface area contributed by atoms with Gasteiger partial charge in [-0.05, 0) is 24.3 Å². The number of hydrogen-bond acceptors (Lipinski definition) is 6. The fourth-order valence-corrected chi connectivity index (χ4v) is 1.91. The van der Waals surface area contributed by atoms with E-state index in [1.807, 2.05) is 0 Å². The number of halogens is 2. The topological polar surface area (TPSA) is 90.9 Å². The van der Waals surface area contributed by atoms with E-state index in [0.29, 0.717) is 11.5 Å². The van der Waals surface area contributed by atoms with Gasteiger partial charge in [0.2, 0.25) is 11.9 Å². The van der Waals surface area contributed by atoms with Gasteiger partial charge in [-0.2, -0.15) is 18.4 Å². The number of rotatable bonds is 5. The Bertz CT molecular complexity index is 793. The van der Waals surface area contributed by atoms with Crippen molar-refractivity contribution < 1.29 is 13.5 Å². The fraction of sp³-hybridized carbons (Fsp3) is 0.0714. The number of alkyl halides is 2. The van der Waals surface area contributed by atoms with Crippen LogP contribution in [0, 0.1) is 0 Å². The summed E-state index contributed by atoms with van der Waals surface area (Å²) in [4.78, 5) is 8.15. The lowest BCUT2D eigenvalue weighted by Gasteiger charge is -2.10. The number of para-hydroxylation sites is 2. The van der Waals surface area contributed by atoms with E-state index in [-0.39, 0.29) is 17.6 Å². The third-order valence-electron chi connectivity index (χ3n) is 2.85. The number of anilines is 3. The largest absolute Gasteiger partial charge is 0.433 e. The molecule has 1 aromatic carbocycles. The summed E-state index contributed by atoms with van der Waals surface area (Å²) in [7, 11) is 0. The van der Waals surface area contributed by atoms with Crippen LogP contribution in [-0.2, 0) is 0 Å². The van der Waals surface area contributed by atoms with E-state index in [1.54, 1.807) is 42.6 Å². The zero-order chi connectivity index (χ0) is 16.2. The zero-order valence-electron chi connectivity index (χ0n) is 11.7. The minimum Gasteiger partial charge on any atom is -0.433 e. The normalized spacial score (nSPS) is 10.7. The number of pyridine rings is 1. The molecule has 0 unspecified atom stereocenters. The van der Waals surface area contributed by atoms with Gasteiger partial charge in [-0.3, -0.25) is 0 Å². The molecule has 23 heavy (non-hydrogen) atoms. The first-order valence-corrected chi connectivity index (χ1v) is 6.58. The molecule has 9 heteroatoms. The first-order chi connectivity index (χ1) is 11.1. The molecule has 2 aromatic heterocycles. The molecule has 3 rings (SSSR count). The molecule has 7 nitrogen and oxygen atoms in total. The summed E-state index contributed by atoms with van der Waals surface area (Å²) >= 11 is 0. The minimum absolute atomic E-state index is 0.0183. The second kappa shape index (κ2) is 6.26. The molecule has 2 heterocycles. The van der Waals surface area contributed by atoms with Crippen LogP contribution in [0.5, 0.6) is 5.75 Å². The van der Waals surface area contributed by atoms with Crippen molar-refractivity contribution in [3.05, 3.63) is 48.7 Å². The van der Waals surface area contributed by atoms with Crippen LogP contribution in [0.25, 0.3) is 5.82 Å². The van der Waals surface area contributed by atoms with Crippen molar-refractivity contribution in [1.29, 1.82) is 0 Å². The number of nitrogens with zero attached hydrogens (tertiary/aromatic N) is 4. The molecular formula is C14H12F2N6O. The van der Waals surface area contributed by atoms with Gasteiger partial charge in [-0.25, -0.2) is 4.98 Å². The Labute approximate surface area is 129 Å². The van der Waals surface area contributed by atoms with E-state index in [4.69, 9.17) is 5.73 Å². The van der Waals surface area contributed by atoms with Crippen molar-refractivity contribution in [2.24, 2.45) is 0 Å². The predicted octanol–water partition coefficient (Wildman–Crippen LogP) is 2.59. The lowest BCUT2D eigenvalue weighted by molar-refractivity contribution is -0.0493. The highest BCUT2D eigenvalue weighted by Crippen LogP contribution is 2.28. The third kappa shape index (κ3) is 3.34. The molecule has 3 N–H and O–H groups in total. The Kier molecular flexibility index (Phi) is 4.00. The van der Waals surface area contributed by atoms with Crippen molar-refractivity contribution in [2.45, 2.75) is 6.61 Å². The molecule has 0 amide bonds. The Morgan fingerprint density at radius 1 is 1.13 bits per heavy atom. The molecule has 0 saturated carbocycles. The quantitative estimate of drug-likeness (QED) is 0.751. The van der Waals surface area contributed by atoms with Crippen LogP contribution in [0.2, 0.25) is 0 Å². The number of nitrogens with one attached hydrogen (secondary N) is 1. The maximum absolute atomic E-state index is 12.4. The summed E-state index contributed by atoms with van der Waals surface area (Å²) in [6, 6.07) is 11.5. The van der Waals surface area contributed by atoms with Crippen LogP contribution in [0.4, 0.5) is 26.4 Å². The lowest BCUT2D eigenvalue weighted by Crippen LogP contribution is -2.05. The van der Waals surface area contributed by atoms with Gasteiger partial charge in [-0.15, -0.1) is 5.10 Å². The van der Waals surface area contributed by atoms with Crippen molar-refractivity contribution in [1.82, 2.24) is 19.7 Å². The molecule has 3 aromatic rings. The fourth-order valence-electron chi connectivity index (χ4n) is 1.91. The summed E-state index contributed by atoms with van der Waals surface area (Å²) in [6.45, 7) is -2.93. The summed E-state index contributed by atoms with van der Waals surface area (Å²) in [5, 5.41) is 6.96. The summed E-state index contributed by atoms with van der Waals surface area (Å²) in [6.07, 6.45) is 1.59. The first kappa shape index (κ1) is 14.7. The number of nitrogens with two attached hydrogens (primary N) is 1. The van der Waals surface area contributed by atoms with Gasteiger partial charge in [0.1, 0.15) is 5.75 Å². The minimum atomic E-state index is -2.93. The molecule has 0 radical (unpaired) electrons. The Hall–Kier alpha value is -3.23. The molecule has 0 aliphatic heterocycles. The molecule has 0 atom stereocenters. The maximum atomic E-state index is 12.4. The van der Waals surface area contributed by atoms with Gasteiger partial charge in [0.15, 0.2) is 5.82 Å². The highest BCUT2D eigenvalue weighted by Gasteiger charge is 2.13. The Morgan fingerprint density at radius 3 is 2.65 bits per heavy atom. The number of hydrogen-bond donors (Lipinski definition) is 2. The van der Waals surface area contributed by atoms with Crippen LogP contribution >= 0.6 is 0 Å². The highest BCUT2D eigenvalue weighted by atomic mass is 19.3. The average Bonchev–Trinajstić information content (AvgIpc) is 2.90. The second-order valence-electron chi connectivity index (χ2n) is 4.39. The molecule has 0 fully saturated rings. The van der Waals surface area contributed by atoms with Crippen LogP contribution in [0.15, 0.2) is 48.7 Å². The monoisotopic (exact) mass is 318 g/mol. The molecule has 0 spiro atoms. The van der Waals surface area contributed by atoms with E-state index < -0.39 is 6.61 Å². The lowest BCUT2D eigenvalue weighted by atomic mass is 10.3. The molecule has 118 valence electrons. The van der Waals surface area contributed by atoms with Gasteiger partial charge >= 0.3 is 6.61 Å². The van der Waals surface area contributed by atoms with Crippen molar-refractivity contribution in [2.75, 3.05) is 11.1 Å². The van der Waals surface area contributed by atoms with E-state index in [0.717, 1.165) is 0 Å². The van der Waals surface area contributed by atoms with Crippen molar-refractivity contribution in [3.63, 3.8) is 0 Å². The van der Waals surface area contributed by atoms with Crippen LogP contribution in [0.3, 0.4) is 0 Å². The zero-order valence-corrected chi connectivity index (χ0v) is 11.7. The van der Waals surface area contributed by atoms with Crippen LogP contribution < -0.4 is 15.8 Å². The van der Waals surface area contributed by atoms with Gasteiger partial charge in [0.05, 0.1) is 5.69 Å². The van der Waals surface area contributed by atoms with E-state index in [1.165, 1.54) is 10.7 Å². The van der Waals surface area contributed by atoms with Gasteiger partial charge in [-0.1, -0.05) is 18.2 Å². The molecule has 0 bridgehead atoms. The van der Waals surface area contributed by atoms with Crippen molar-refractivity contribution in [3.8, 4) is 11.6 Å². The summed E-state index contributed by atoms with van der Waals surface area (Å²) in [5.41, 5.74) is 6.10. The second-order valence-corrected chi connectivity index (χ2v) is 4.39. The number of nitrogen functional groups attached to an aromatic ring is 1. The van der Waals surface area contributed by atoms with E-state index in [2.05, 4.69) is 25.1 Å².